The van der Waals surface area contributed by atoms with E-state index in [9.17, 15) is 14.4 Å². The third-order valence-corrected chi connectivity index (χ3v) is 7.27. The minimum atomic E-state index is -0.200. The van der Waals surface area contributed by atoms with Crippen LogP contribution in [0.25, 0.3) is 10.9 Å². The summed E-state index contributed by atoms with van der Waals surface area (Å²) in [5.74, 6) is 0.524. The van der Waals surface area contributed by atoms with Gasteiger partial charge in [0, 0.05) is 40.7 Å². The van der Waals surface area contributed by atoms with Crippen LogP contribution < -0.4 is 15.4 Å². The van der Waals surface area contributed by atoms with E-state index in [1.54, 1.807) is 42.0 Å². The SMILES string of the molecule is COc1ccc2c(c1)c(CC(=O)NCCOCCNC(=O)C1CCCC1)c(C)n2C(=O)c1ccc(Cl)cc1. The second-order valence-electron chi connectivity index (χ2n) is 9.51. The molecule has 1 aliphatic carbocycles. The van der Waals surface area contributed by atoms with Gasteiger partial charge in [-0.2, -0.15) is 0 Å². The molecule has 1 aromatic heterocycles. The Balaban J connectivity index is 1.35. The van der Waals surface area contributed by atoms with Gasteiger partial charge in [0.25, 0.3) is 5.91 Å². The lowest BCUT2D eigenvalue weighted by Crippen LogP contribution is -2.33. The number of nitrogens with zero attached hydrogens (tertiary/aromatic N) is 1. The number of ether oxygens (including phenoxy) is 2. The zero-order chi connectivity index (χ0) is 27.1. The van der Waals surface area contributed by atoms with Crippen LogP contribution in [0.15, 0.2) is 42.5 Å². The molecule has 2 amide bonds. The number of carbonyl (C=O) groups excluding carboxylic acids is 3. The molecule has 202 valence electrons. The Labute approximate surface area is 227 Å². The van der Waals surface area contributed by atoms with Gasteiger partial charge >= 0.3 is 0 Å². The average Bonchev–Trinajstić information content (AvgIpc) is 3.55. The molecule has 4 rings (SSSR count). The van der Waals surface area contributed by atoms with Crippen molar-refractivity contribution in [1.29, 1.82) is 0 Å². The number of amides is 2. The van der Waals surface area contributed by atoms with Crippen LogP contribution in [0.4, 0.5) is 0 Å². The number of hydrogen-bond acceptors (Lipinski definition) is 5. The summed E-state index contributed by atoms with van der Waals surface area (Å²) >= 11 is 6.00. The molecule has 38 heavy (non-hydrogen) atoms. The number of aromatic nitrogens is 1. The van der Waals surface area contributed by atoms with E-state index >= 15 is 0 Å². The maximum atomic E-state index is 13.4. The van der Waals surface area contributed by atoms with E-state index in [1.165, 1.54) is 0 Å². The first-order valence-electron chi connectivity index (χ1n) is 13.0. The van der Waals surface area contributed by atoms with Crippen molar-refractivity contribution in [3.8, 4) is 5.75 Å². The van der Waals surface area contributed by atoms with Gasteiger partial charge in [0.2, 0.25) is 11.8 Å². The molecule has 0 bridgehead atoms. The van der Waals surface area contributed by atoms with Crippen LogP contribution in [-0.2, 0) is 20.7 Å². The second-order valence-corrected chi connectivity index (χ2v) is 9.94. The van der Waals surface area contributed by atoms with Crippen LogP contribution in [0, 0.1) is 12.8 Å². The Morgan fingerprint density at radius 1 is 1.00 bits per heavy atom. The lowest BCUT2D eigenvalue weighted by molar-refractivity contribution is -0.125. The van der Waals surface area contributed by atoms with E-state index in [0.29, 0.717) is 53.8 Å². The van der Waals surface area contributed by atoms with E-state index in [-0.39, 0.29) is 30.1 Å². The van der Waals surface area contributed by atoms with Gasteiger partial charge in [0.1, 0.15) is 5.75 Å². The Hall–Kier alpha value is -3.36. The largest absolute Gasteiger partial charge is 0.497 e. The molecule has 2 aromatic carbocycles. The van der Waals surface area contributed by atoms with Crippen molar-refractivity contribution in [2.45, 2.75) is 39.0 Å². The summed E-state index contributed by atoms with van der Waals surface area (Å²) < 4.78 is 12.6. The summed E-state index contributed by atoms with van der Waals surface area (Å²) in [5, 5.41) is 7.14. The van der Waals surface area contributed by atoms with Crippen LogP contribution in [0.2, 0.25) is 5.02 Å². The van der Waals surface area contributed by atoms with Crippen molar-refractivity contribution in [2.75, 3.05) is 33.4 Å². The molecular formula is C29H34ClN3O5. The van der Waals surface area contributed by atoms with Gasteiger partial charge in [-0.1, -0.05) is 24.4 Å². The van der Waals surface area contributed by atoms with E-state index in [1.807, 2.05) is 19.1 Å². The fourth-order valence-electron chi connectivity index (χ4n) is 4.96. The molecule has 1 saturated carbocycles. The van der Waals surface area contributed by atoms with Gasteiger partial charge in [-0.15, -0.1) is 0 Å². The number of nitrogens with one attached hydrogen (secondary N) is 2. The van der Waals surface area contributed by atoms with Crippen molar-refractivity contribution < 1.29 is 23.9 Å². The molecule has 0 spiro atoms. The molecule has 1 heterocycles. The number of hydrogen-bond donors (Lipinski definition) is 2. The lowest BCUT2D eigenvalue weighted by Gasteiger charge is -2.11. The highest BCUT2D eigenvalue weighted by molar-refractivity contribution is 6.30. The maximum Gasteiger partial charge on any atom is 0.262 e. The van der Waals surface area contributed by atoms with Gasteiger partial charge < -0.3 is 20.1 Å². The zero-order valence-electron chi connectivity index (χ0n) is 21.8. The van der Waals surface area contributed by atoms with Crippen LogP contribution in [0.5, 0.6) is 5.75 Å². The zero-order valence-corrected chi connectivity index (χ0v) is 22.6. The molecule has 3 aromatic rings. The Kier molecular flexibility index (Phi) is 9.42. The van der Waals surface area contributed by atoms with Crippen LogP contribution >= 0.6 is 11.6 Å². The maximum absolute atomic E-state index is 13.4. The van der Waals surface area contributed by atoms with E-state index in [4.69, 9.17) is 21.1 Å². The number of rotatable bonds is 11. The number of fused-ring (bicyclic) bond motifs is 1. The fraction of sp³-hybridized carbons (Fsp3) is 0.414. The molecule has 0 aliphatic heterocycles. The third-order valence-electron chi connectivity index (χ3n) is 7.01. The summed E-state index contributed by atoms with van der Waals surface area (Å²) in [6.45, 7) is 3.39. The fourth-order valence-corrected chi connectivity index (χ4v) is 5.09. The van der Waals surface area contributed by atoms with Crippen molar-refractivity contribution in [3.05, 3.63) is 64.3 Å². The summed E-state index contributed by atoms with van der Waals surface area (Å²) in [6.07, 6.45) is 4.30. The Bertz CT molecular complexity index is 1300. The molecule has 0 radical (unpaired) electrons. The molecule has 2 N–H and O–H groups in total. The number of carbonyl (C=O) groups is 3. The van der Waals surface area contributed by atoms with Gasteiger partial charge in [-0.05, 0) is 67.8 Å². The van der Waals surface area contributed by atoms with Crippen LogP contribution in [0.1, 0.15) is 47.3 Å². The van der Waals surface area contributed by atoms with Gasteiger partial charge in [0.05, 0.1) is 32.3 Å². The topological polar surface area (TPSA) is 98.7 Å². The van der Waals surface area contributed by atoms with Crippen molar-refractivity contribution in [1.82, 2.24) is 15.2 Å². The number of halogens is 1. The van der Waals surface area contributed by atoms with Gasteiger partial charge in [0.15, 0.2) is 0 Å². The minimum Gasteiger partial charge on any atom is -0.497 e. The standard InChI is InChI=1S/C29H34ClN3O5/c1-19-24(18-27(34)31-13-15-38-16-14-32-28(35)20-5-3-4-6-20)25-17-23(37-2)11-12-26(25)33(19)29(36)21-7-9-22(30)10-8-21/h7-12,17,20H,3-6,13-16,18H2,1-2H3,(H,31,34)(H,32,35). The average molecular weight is 540 g/mol. The van der Waals surface area contributed by atoms with Crippen LogP contribution in [0.3, 0.4) is 0 Å². The second kappa shape index (κ2) is 12.9. The van der Waals surface area contributed by atoms with Crippen molar-refractivity contribution in [2.24, 2.45) is 5.92 Å². The van der Waals surface area contributed by atoms with Crippen molar-refractivity contribution in [3.63, 3.8) is 0 Å². The minimum absolute atomic E-state index is 0.105. The van der Waals surface area contributed by atoms with E-state index in [0.717, 1.165) is 36.6 Å². The van der Waals surface area contributed by atoms with E-state index < -0.39 is 0 Å². The van der Waals surface area contributed by atoms with E-state index in [2.05, 4.69) is 10.6 Å². The lowest BCUT2D eigenvalue weighted by atomic mass is 10.1. The molecule has 1 aliphatic rings. The molecule has 0 saturated heterocycles. The van der Waals surface area contributed by atoms with Crippen LogP contribution in [-0.4, -0.2) is 55.7 Å². The normalized spacial score (nSPS) is 13.6. The first kappa shape index (κ1) is 27.7. The van der Waals surface area contributed by atoms with Crippen molar-refractivity contribution >= 4 is 40.2 Å². The van der Waals surface area contributed by atoms with Gasteiger partial charge in [-0.25, -0.2) is 0 Å². The molecule has 0 unspecified atom stereocenters. The highest BCUT2D eigenvalue weighted by Gasteiger charge is 2.23. The summed E-state index contributed by atoms with van der Waals surface area (Å²) in [5.41, 5.74) is 2.65. The first-order valence-corrected chi connectivity index (χ1v) is 13.4. The third kappa shape index (κ3) is 6.55. The number of benzene rings is 2. The summed E-state index contributed by atoms with van der Waals surface area (Å²) in [7, 11) is 1.58. The molecular weight excluding hydrogens is 506 g/mol. The summed E-state index contributed by atoms with van der Waals surface area (Å²) in [6, 6.07) is 12.2. The molecule has 8 nitrogen and oxygen atoms in total. The molecule has 1 fully saturated rings. The Morgan fingerprint density at radius 3 is 2.37 bits per heavy atom. The highest BCUT2D eigenvalue weighted by atomic mass is 35.5. The quantitative estimate of drug-likeness (QED) is 0.354. The first-order chi connectivity index (χ1) is 18.4. The predicted molar refractivity (Wildman–Crippen MR) is 147 cm³/mol. The smallest absolute Gasteiger partial charge is 0.262 e. The predicted octanol–water partition coefficient (Wildman–Crippen LogP) is 4.28. The van der Waals surface area contributed by atoms with Gasteiger partial charge in [-0.3, -0.25) is 19.0 Å². The monoisotopic (exact) mass is 539 g/mol. The summed E-state index contributed by atoms with van der Waals surface area (Å²) in [4.78, 5) is 38.3. The Morgan fingerprint density at radius 2 is 1.68 bits per heavy atom. The molecule has 0 atom stereocenters. The number of methoxy groups -OCH3 is 1. The molecule has 9 heteroatoms. The highest BCUT2D eigenvalue weighted by Crippen LogP contribution is 2.31.